The summed E-state index contributed by atoms with van der Waals surface area (Å²) < 4.78 is 14.3. The maximum atomic E-state index is 13.5. The smallest absolute Gasteiger partial charge is 0.325 e. The van der Waals surface area contributed by atoms with E-state index in [0.29, 0.717) is 41.5 Å². The van der Waals surface area contributed by atoms with Crippen molar-refractivity contribution in [3.05, 3.63) is 177 Å². The van der Waals surface area contributed by atoms with E-state index in [1.807, 2.05) is 102 Å². The van der Waals surface area contributed by atoms with Crippen molar-refractivity contribution in [2.24, 2.45) is 0 Å². The van der Waals surface area contributed by atoms with Gasteiger partial charge in [0.05, 0.1) is 16.8 Å². The van der Waals surface area contributed by atoms with Crippen LogP contribution >= 0.6 is 15.9 Å². The van der Waals surface area contributed by atoms with Crippen LogP contribution in [0.5, 0.6) is 0 Å². The molecule has 0 bridgehead atoms. The number of esters is 1. The van der Waals surface area contributed by atoms with Gasteiger partial charge in [0.2, 0.25) is 5.82 Å². The molecule has 11 nitrogen and oxygen atoms in total. The molecule has 8 aromatic rings. The number of aryl methyl sites for hydroxylation is 2. The van der Waals surface area contributed by atoms with Crippen molar-refractivity contribution in [3.63, 3.8) is 0 Å². The van der Waals surface area contributed by atoms with Crippen molar-refractivity contribution in [2.75, 3.05) is 13.2 Å². The van der Waals surface area contributed by atoms with E-state index in [-0.39, 0.29) is 19.1 Å². The molecule has 12 heteroatoms. The molecular weight excluding hydrogens is 818 g/mol. The number of amides is 1. The van der Waals surface area contributed by atoms with E-state index >= 15 is 0 Å². The molecule has 3 heterocycles. The second-order valence-corrected chi connectivity index (χ2v) is 15.3. The number of imidazole rings is 1. The fraction of sp³-hybridized carbons (Fsp3) is 0.208. The normalized spacial score (nSPS) is 11.5. The topological polar surface area (TPSA) is 130 Å². The lowest BCUT2D eigenvalue weighted by molar-refractivity contribution is -0.141. The first-order chi connectivity index (χ1) is 29.3. The van der Waals surface area contributed by atoms with Crippen LogP contribution in [0.2, 0.25) is 0 Å². The highest BCUT2D eigenvalue weighted by atomic mass is 79.9. The van der Waals surface area contributed by atoms with Crippen molar-refractivity contribution in [1.29, 1.82) is 0 Å². The number of hydrogen-bond acceptors (Lipinski definition) is 8. The van der Waals surface area contributed by atoms with Gasteiger partial charge < -0.3 is 19.0 Å². The number of tetrazole rings is 1. The summed E-state index contributed by atoms with van der Waals surface area (Å²) >= 11 is 3.90. The van der Waals surface area contributed by atoms with Crippen LogP contribution in [0.4, 0.5) is 0 Å². The van der Waals surface area contributed by atoms with E-state index in [4.69, 9.17) is 29.5 Å². The number of unbranched alkanes of at least 4 members (excludes halogenated alkanes) is 1. The highest BCUT2D eigenvalue weighted by molar-refractivity contribution is 9.10. The molecule has 0 aliphatic heterocycles. The number of nitrogens with zero attached hydrogens (tertiary/aromatic N) is 6. The lowest BCUT2D eigenvalue weighted by Crippen LogP contribution is -2.39. The summed E-state index contributed by atoms with van der Waals surface area (Å²) in [5.74, 6) is 1.01. The minimum Gasteiger partial charge on any atom is -0.465 e. The largest absolute Gasteiger partial charge is 0.465 e. The van der Waals surface area contributed by atoms with Gasteiger partial charge in [0.15, 0.2) is 5.54 Å². The Morgan fingerprint density at radius 1 is 0.817 bits per heavy atom. The molecule has 1 amide bonds. The van der Waals surface area contributed by atoms with Crippen molar-refractivity contribution >= 4 is 38.8 Å². The van der Waals surface area contributed by atoms with Crippen LogP contribution in [-0.4, -0.2) is 54.8 Å². The van der Waals surface area contributed by atoms with Gasteiger partial charge in [-0.15, -0.1) is 15.0 Å². The monoisotopic (exact) mass is 861 g/mol. The summed E-state index contributed by atoms with van der Waals surface area (Å²) in [5, 5.41) is 18.3. The van der Waals surface area contributed by atoms with Crippen LogP contribution in [0.3, 0.4) is 0 Å². The number of nitrogens with one attached hydrogen (secondary N) is 1. The number of halogens is 1. The van der Waals surface area contributed by atoms with Gasteiger partial charge >= 0.3 is 5.97 Å². The number of furan rings is 1. The number of fused-ring (bicyclic) bond motifs is 1. The van der Waals surface area contributed by atoms with Crippen molar-refractivity contribution in [2.45, 2.75) is 52.1 Å². The Balaban J connectivity index is 1.17. The molecule has 0 radical (unpaired) electrons. The van der Waals surface area contributed by atoms with E-state index in [0.717, 1.165) is 61.9 Å². The van der Waals surface area contributed by atoms with Crippen molar-refractivity contribution < 1.29 is 18.7 Å². The van der Waals surface area contributed by atoms with Gasteiger partial charge in [-0.25, -0.2) is 4.98 Å². The Morgan fingerprint density at radius 3 is 2.05 bits per heavy atom. The van der Waals surface area contributed by atoms with Crippen LogP contribution in [0.25, 0.3) is 33.7 Å². The third-order valence-corrected chi connectivity index (χ3v) is 11.4. The number of benzene rings is 5. The number of rotatable bonds is 15. The Bertz CT molecular complexity index is 2670. The average Bonchev–Trinajstić information content (AvgIpc) is 3.99. The molecule has 0 unspecified atom stereocenters. The molecule has 60 heavy (non-hydrogen) atoms. The molecule has 0 aliphatic carbocycles. The fourth-order valence-corrected chi connectivity index (χ4v) is 8.46. The molecule has 3 aromatic heterocycles. The first-order valence-electron chi connectivity index (χ1n) is 20.1. The van der Waals surface area contributed by atoms with Crippen LogP contribution in [0.1, 0.15) is 70.9 Å². The molecule has 0 spiro atoms. The average molecular weight is 863 g/mol. The van der Waals surface area contributed by atoms with Gasteiger partial charge in [-0.1, -0.05) is 135 Å². The van der Waals surface area contributed by atoms with Gasteiger partial charge in [0.1, 0.15) is 29.4 Å². The lowest BCUT2D eigenvalue weighted by atomic mass is 9.77. The molecule has 0 saturated heterocycles. The predicted octanol–water partition coefficient (Wildman–Crippen LogP) is 9.54. The zero-order valence-corrected chi connectivity index (χ0v) is 35.2. The van der Waals surface area contributed by atoms with Gasteiger partial charge in [0, 0.05) is 29.5 Å². The number of ether oxygens (including phenoxy) is 1. The highest BCUT2D eigenvalue weighted by Crippen LogP contribution is 2.43. The summed E-state index contributed by atoms with van der Waals surface area (Å²) in [6.07, 6.45) is 2.61. The van der Waals surface area contributed by atoms with Crippen LogP contribution in [0.15, 0.2) is 142 Å². The van der Waals surface area contributed by atoms with E-state index in [9.17, 15) is 9.59 Å². The fourth-order valence-electron chi connectivity index (χ4n) is 7.86. The Labute approximate surface area is 356 Å². The second kappa shape index (κ2) is 17.7. The zero-order chi connectivity index (χ0) is 41.6. The van der Waals surface area contributed by atoms with E-state index in [1.165, 1.54) is 0 Å². The summed E-state index contributed by atoms with van der Waals surface area (Å²) in [4.78, 5) is 32.1. The molecule has 0 atom stereocenters. The van der Waals surface area contributed by atoms with Crippen molar-refractivity contribution in [3.8, 4) is 22.7 Å². The Kier molecular flexibility index (Phi) is 11.8. The summed E-state index contributed by atoms with van der Waals surface area (Å²) in [7, 11) is 0. The maximum Gasteiger partial charge on any atom is 0.325 e. The van der Waals surface area contributed by atoms with Crippen LogP contribution < -0.4 is 5.32 Å². The minimum atomic E-state index is -0.925. The standard InChI is InChI=1S/C48H44BrN7O4/c1-4-6-26-41-51-32(3)44(47(58)50-30-42(57)59-5-2)55(41)31-33-27-28-40-39(29-33)43(49)45(60-40)37-24-16-17-25-38(37)46-52-54-56(53-46)48(34-18-10-7-11-19-34,35-20-12-8-13-21-35)36-22-14-9-15-23-36/h7-25,27-29H,4-6,26,30-31H2,1-3H3,(H,50,58). The number of hydrogen-bond donors (Lipinski definition) is 1. The maximum absolute atomic E-state index is 13.5. The molecule has 0 fully saturated rings. The Morgan fingerprint density at radius 2 is 1.43 bits per heavy atom. The molecule has 1 N–H and O–H groups in total. The second-order valence-electron chi connectivity index (χ2n) is 14.5. The molecular formula is C48H44BrN7O4. The molecule has 0 saturated carbocycles. The molecule has 302 valence electrons. The molecule has 0 aliphatic rings. The minimum absolute atomic E-state index is 0.223. The predicted molar refractivity (Wildman–Crippen MR) is 234 cm³/mol. The molecule has 5 aromatic carbocycles. The number of carbonyl (C=O) groups excluding carboxylic acids is 2. The summed E-state index contributed by atoms with van der Waals surface area (Å²) in [5.41, 5.74) is 6.24. The quantitative estimate of drug-likeness (QED) is 0.0797. The van der Waals surface area contributed by atoms with Gasteiger partial charge in [-0.2, -0.15) is 0 Å². The van der Waals surface area contributed by atoms with Gasteiger partial charge in [0.25, 0.3) is 5.91 Å². The highest BCUT2D eigenvalue weighted by Gasteiger charge is 2.41. The van der Waals surface area contributed by atoms with Crippen LogP contribution in [-0.2, 0) is 28.0 Å². The summed E-state index contributed by atoms with van der Waals surface area (Å²) in [6.45, 7) is 6.08. The van der Waals surface area contributed by atoms with Gasteiger partial charge in [-0.3, -0.25) is 9.59 Å². The number of aromatic nitrogens is 6. The van der Waals surface area contributed by atoms with Crippen molar-refractivity contribution in [1.82, 2.24) is 35.1 Å². The van der Waals surface area contributed by atoms with E-state index < -0.39 is 11.5 Å². The SMILES string of the molecule is CCCCc1nc(C)c(C(=O)NCC(=O)OCC)n1Cc1ccc2oc(-c3ccccc3-c3nnn(C(c4ccccc4)(c4ccccc4)c4ccccc4)n3)c(Br)c2c1. The zero-order valence-electron chi connectivity index (χ0n) is 33.6. The number of carbonyl (C=O) groups is 2. The van der Waals surface area contributed by atoms with Gasteiger partial charge in [-0.05, 0) is 75.8 Å². The molecule has 8 rings (SSSR count). The third kappa shape index (κ3) is 7.66. The lowest BCUT2D eigenvalue weighted by Gasteiger charge is -2.34. The first-order valence-corrected chi connectivity index (χ1v) is 20.9. The third-order valence-electron chi connectivity index (χ3n) is 10.6. The summed E-state index contributed by atoms with van der Waals surface area (Å²) in [6, 6.07) is 44.6. The Hall–Kier alpha value is -6.66. The van der Waals surface area contributed by atoms with Crippen LogP contribution in [0, 0.1) is 6.92 Å². The first kappa shape index (κ1) is 40.1. The van der Waals surface area contributed by atoms with E-state index in [1.54, 1.807) is 11.7 Å². The van der Waals surface area contributed by atoms with E-state index in [2.05, 4.69) is 70.6 Å².